The Balaban J connectivity index is 2.56. The average molecular weight is 894 g/mol. The second-order valence-electron chi connectivity index (χ2n) is 19.2. The van der Waals surface area contributed by atoms with Crippen LogP contribution in [0.4, 0.5) is 0 Å². The minimum atomic E-state index is -0.299. The summed E-state index contributed by atoms with van der Waals surface area (Å²) in [4.78, 5) is 40.2. The molecule has 1 heterocycles. The Morgan fingerprint density at radius 2 is 0.905 bits per heavy atom. The monoisotopic (exact) mass is 894 g/mol. The number of carbonyl (C=O) groups is 3. The zero-order chi connectivity index (χ0) is 46.4. The van der Waals surface area contributed by atoms with Crippen molar-refractivity contribution in [1.29, 1.82) is 0 Å². The molecule has 1 fully saturated rings. The number of likely N-dealkylation sites (tertiary alicyclic amines) is 1. The molecule has 0 aromatic rings. The number of rotatable bonds is 43. The smallest absolute Gasteiger partial charge is 0.305 e. The minimum absolute atomic E-state index is 0.0859. The molecule has 0 bridgehead atoms. The predicted molar refractivity (Wildman–Crippen MR) is 257 cm³/mol. The van der Waals surface area contributed by atoms with E-state index >= 15 is 0 Å². The van der Waals surface area contributed by atoms with Gasteiger partial charge in [-0.25, -0.2) is 0 Å². The molecule has 10 nitrogen and oxygen atoms in total. The van der Waals surface area contributed by atoms with Crippen LogP contribution < -0.4 is 0 Å². The molecule has 63 heavy (non-hydrogen) atoms. The van der Waals surface area contributed by atoms with Crippen molar-refractivity contribution >= 4 is 17.9 Å². The van der Waals surface area contributed by atoms with Gasteiger partial charge in [-0.05, 0) is 109 Å². The van der Waals surface area contributed by atoms with Gasteiger partial charge < -0.3 is 33.3 Å². The largest absolute Gasteiger partial charge is 0.497 e. The summed E-state index contributed by atoms with van der Waals surface area (Å²) in [6.45, 7) is 22.1. The number of ether oxygens (including phenoxy) is 6. The van der Waals surface area contributed by atoms with Crippen LogP contribution >= 0.6 is 0 Å². The molecule has 1 rings (SSSR count). The molecule has 1 aliphatic heterocycles. The van der Waals surface area contributed by atoms with E-state index in [1.165, 1.54) is 51.4 Å². The third-order valence-electron chi connectivity index (χ3n) is 12.9. The molecule has 1 saturated heterocycles. The second kappa shape index (κ2) is 39.0. The number of allylic oxidation sites excluding steroid dienone is 1. The SMILES string of the molecule is C=C(OCC(COC(=O)CCCCCCCCC(=O)OCCCCCCCC)COC(=O)CCCCC(OCC(CCC)CCC)OCC(CCC)CCC)C1(C)CCN(C)CC1. The van der Waals surface area contributed by atoms with Crippen LogP contribution in [0.1, 0.15) is 221 Å². The lowest BCUT2D eigenvalue weighted by Gasteiger charge is -2.39. The number of hydrogen-bond acceptors (Lipinski definition) is 10. The highest BCUT2D eigenvalue weighted by Crippen LogP contribution is 2.37. The summed E-state index contributed by atoms with van der Waals surface area (Å²) in [5, 5.41) is 0. The molecule has 1 atom stereocenters. The van der Waals surface area contributed by atoms with Crippen LogP contribution in [0.25, 0.3) is 0 Å². The van der Waals surface area contributed by atoms with E-state index in [-0.39, 0.29) is 55.4 Å². The molecular weight excluding hydrogens is 795 g/mol. The molecule has 10 heteroatoms. The summed E-state index contributed by atoms with van der Waals surface area (Å²) in [6, 6.07) is 0. The molecule has 0 radical (unpaired) electrons. The standard InChI is InChI=1S/C53H99NO9/c1-9-14-15-16-21-26-39-58-49(55)31-22-19-17-18-20-23-32-50(56)60-43-48(42-59-45(6)53(7)35-37-54(8)38-36-53)44-61-51(57)33-24-25-34-52(62-40-46(27-10-2)28-11-3)63-41-47(29-12-4)30-13-5/h46-48,52H,6,9-44H2,1-5,7-8H3. The number of nitrogens with zero attached hydrogens (tertiary/aromatic N) is 1. The van der Waals surface area contributed by atoms with Crippen molar-refractivity contribution in [3.8, 4) is 0 Å². The number of esters is 3. The highest BCUT2D eigenvalue weighted by molar-refractivity contribution is 5.70. The lowest BCUT2D eigenvalue weighted by molar-refractivity contribution is -0.163. The maximum atomic E-state index is 13.0. The van der Waals surface area contributed by atoms with E-state index in [0.717, 1.165) is 135 Å². The highest BCUT2D eigenvalue weighted by Gasteiger charge is 2.33. The van der Waals surface area contributed by atoms with Gasteiger partial charge in [0.15, 0.2) is 6.29 Å². The van der Waals surface area contributed by atoms with Gasteiger partial charge in [0.25, 0.3) is 0 Å². The summed E-state index contributed by atoms with van der Waals surface area (Å²) < 4.78 is 36.0. The molecule has 0 saturated carbocycles. The van der Waals surface area contributed by atoms with Gasteiger partial charge in [-0.3, -0.25) is 14.4 Å². The van der Waals surface area contributed by atoms with E-state index in [1.807, 2.05) is 0 Å². The zero-order valence-electron chi connectivity index (χ0n) is 42.1. The zero-order valence-corrected chi connectivity index (χ0v) is 42.1. The van der Waals surface area contributed by atoms with Gasteiger partial charge in [-0.1, -0.05) is 132 Å². The molecule has 370 valence electrons. The summed E-state index contributed by atoms with van der Waals surface area (Å²) >= 11 is 0. The molecule has 0 spiro atoms. The fourth-order valence-corrected chi connectivity index (χ4v) is 8.42. The van der Waals surface area contributed by atoms with Gasteiger partial charge in [0, 0.05) is 24.7 Å². The van der Waals surface area contributed by atoms with E-state index in [9.17, 15) is 14.4 Å². The minimum Gasteiger partial charge on any atom is -0.497 e. The molecule has 0 aromatic heterocycles. The molecule has 1 unspecified atom stereocenters. The van der Waals surface area contributed by atoms with Crippen molar-refractivity contribution in [2.24, 2.45) is 23.2 Å². The van der Waals surface area contributed by atoms with Gasteiger partial charge in [0.2, 0.25) is 0 Å². The fourth-order valence-electron chi connectivity index (χ4n) is 8.42. The number of carbonyl (C=O) groups excluding carboxylic acids is 3. The van der Waals surface area contributed by atoms with Crippen molar-refractivity contribution in [3.63, 3.8) is 0 Å². The summed E-state index contributed by atoms with van der Waals surface area (Å²) in [6.07, 6.45) is 27.0. The Bertz CT molecular complexity index is 1110. The molecule has 0 aliphatic carbocycles. The first kappa shape index (κ1) is 58.8. The first-order chi connectivity index (χ1) is 30.5. The summed E-state index contributed by atoms with van der Waals surface area (Å²) in [5.41, 5.74) is -0.119. The first-order valence-electron chi connectivity index (χ1n) is 26.2. The second-order valence-corrected chi connectivity index (χ2v) is 19.2. The van der Waals surface area contributed by atoms with Crippen LogP contribution in [0.5, 0.6) is 0 Å². The normalized spacial score (nSPS) is 14.6. The van der Waals surface area contributed by atoms with Crippen LogP contribution in [-0.2, 0) is 42.8 Å². The Labute approximate surface area is 387 Å². The Morgan fingerprint density at radius 3 is 1.38 bits per heavy atom. The molecular formula is C53H99NO9. The van der Waals surface area contributed by atoms with Gasteiger partial charge in [0.1, 0.15) is 13.2 Å². The highest BCUT2D eigenvalue weighted by atomic mass is 16.7. The molecule has 0 N–H and O–H groups in total. The van der Waals surface area contributed by atoms with Crippen LogP contribution in [-0.4, -0.2) is 88.9 Å². The maximum absolute atomic E-state index is 13.0. The third-order valence-corrected chi connectivity index (χ3v) is 12.9. The van der Waals surface area contributed by atoms with Gasteiger partial charge in [0.05, 0.1) is 38.1 Å². The summed E-state index contributed by atoms with van der Waals surface area (Å²) in [7, 11) is 2.13. The predicted octanol–water partition coefficient (Wildman–Crippen LogP) is 13.3. The quantitative estimate of drug-likeness (QED) is 0.0193. The molecule has 1 aliphatic rings. The van der Waals surface area contributed by atoms with Gasteiger partial charge in [-0.2, -0.15) is 0 Å². The van der Waals surface area contributed by atoms with Crippen LogP contribution in [0.3, 0.4) is 0 Å². The van der Waals surface area contributed by atoms with E-state index in [0.29, 0.717) is 44.1 Å². The topological polar surface area (TPSA) is 110 Å². The lowest BCUT2D eigenvalue weighted by Crippen LogP contribution is -2.38. The van der Waals surface area contributed by atoms with Crippen molar-refractivity contribution < 1.29 is 42.8 Å². The van der Waals surface area contributed by atoms with Crippen molar-refractivity contribution in [2.45, 2.75) is 228 Å². The van der Waals surface area contributed by atoms with E-state index in [2.05, 4.69) is 60.1 Å². The van der Waals surface area contributed by atoms with E-state index < -0.39 is 0 Å². The number of piperidine rings is 1. The average Bonchev–Trinajstić information content (AvgIpc) is 3.27. The van der Waals surface area contributed by atoms with E-state index in [1.54, 1.807) is 0 Å². The van der Waals surface area contributed by atoms with E-state index in [4.69, 9.17) is 28.4 Å². The van der Waals surface area contributed by atoms with Crippen molar-refractivity contribution in [1.82, 2.24) is 4.90 Å². The van der Waals surface area contributed by atoms with Crippen molar-refractivity contribution in [2.75, 3.05) is 59.8 Å². The molecule has 0 aromatic carbocycles. The Morgan fingerprint density at radius 1 is 0.492 bits per heavy atom. The first-order valence-corrected chi connectivity index (χ1v) is 26.2. The Kier molecular flexibility index (Phi) is 36.5. The fraction of sp³-hybridized carbons (Fsp3) is 0.906. The lowest BCUT2D eigenvalue weighted by atomic mass is 9.79. The molecule has 0 amide bonds. The summed E-state index contributed by atoms with van der Waals surface area (Å²) in [5.74, 6) is 0.958. The van der Waals surface area contributed by atoms with Crippen LogP contribution in [0.2, 0.25) is 0 Å². The van der Waals surface area contributed by atoms with Gasteiger partial charge >= 0.3 is 17.9 Å². The van der Waals surface area contributed by atoms with Gasteiger partial charge in [-0.15, -0.1) is 0 Å². The van der Waals surface area contributed by atoms with Crippen molar-refractivity contribution in [3.05, 3.63) is 12.3 Å². The van der Waals surface area contributed by atoms with Crippen LogP contribution in [0, 0.1) is 23.2 Å². The maximum Gasteiger partial charge on any atom is 0.305 e. The third kappa shape index (κ3) is 31.4. The number of hydrogen-bond donors (Lipinski definition) is 0. The van der Waals surface area contributed by atoms with Crippen LogP contribution in [0.15, 0.2) is 12.3 Å². The Hall–Kier alpha value is -2.17. The number of unbranched alkanes of at least 4 members (excludes halogenated alkanes) is 11.